The zero-order valence-corrected chi connectivity index (χ0v) is 10.5. The van der Waals surface area contributed by atoms with Crippen LogP contribution in [-0.4, -0.2) is 24.3 Å². The number of carbonyl (C=O) groups is 1. The topological polar surface area (TPSA) is 46.5 Å². The molecule has 0 radical (unpaired) electrons. The molecule has 19 heavy (non-hydrogen) atoms. The van der Waals surface area contributed by atoms with Gasteiger partial charge in [-0.05, 0) is 48.9 Å². The quantitative estimate of drug-likeness (QED) is 0.781. The average molecular weight is 254 g/mol. The third-order valence-corrected chi connectivity index (χ3v) is 2.90. The van der Waals surface area contributed by atoms with Gasteiger partial charge in [0.15, 0.2) is 0 Å². The second-order valence-electron chi connectivity index (χ2n) is 4.29. The summed E-state index contributed by atoms with van der Waals surface area (Å²) < 4.78 is 5.25. The molecule has 3 heteroatoms. The van der Waals surface area contributed by atoms with Gasteiger partial charge in [0.25, 0.3) is 0 Å². The van der Waals surface area contributed by atoms with E-state index >= 15 is 0 Å². The van der Waals surface area contributed by atoms with Crippen LogP contribution in [0.4, 0.5) is 0 Å². The maximum absolute atomic E-state index is 10.7. The van der Waals surface area contributed by atoms with E-state index in [9.17, 15) is 4.79 Å². The van der Waals surface area contributed by atoms with E-state index in [1.165, 1.54) is 12.1 Å². The van der Waals surface area contributed by atoms with Crippen molar-refractivity contribution < 1.29 is 14.6 Å². The zero-order chi connectivity index (χ0) is 13.5. The van der Waals surface area contributed by atoms with Crippen molar-refractivity contribution in [2.45, 2.75) is 12.8 Å². The summed E-state index contributed by atoms with van der Waals surface area (Å²) in [7, 11) is 0. The Bertz CT molecular complexity index is 558. The molecule has 1 aliphatic rings. The highest BCUT2D eigenvalue weighted by molar-refractivity contribution is 5.87. The Balaban J connectivity index is 1.96. The number of aromatic carboxylic acids is 1. The summed E-state index contributed by atoms with van der Waals surface area (Å²) in [6.45, 7) is 1.56. The van der Waals surface area contributed by atoms with E-state index in [-0.39, 0.29) is 5.56 Å². The van der Waals surface area contributed by atoms with Gasteiger partial charge in [0, 0.05) is 24.7 Å². The normalized spacial score (nSPS) is 14.7. The Morgan fingerprint density at radius 2 is 1.84 bits per heavy atom. The molecule has 0 unspecified atom stereocenters. The van der Waals surface area contributed by atoms with Crippen molar-refractivity contribution in [2.75, 3.05) is 13.2 Å². The minimum atomic E-state index is -0.932. The first-order valence-electron chi connectivity index (χ1n) is 6.18. The van der Waals surface area contributed by atoms with Crippen molar-refractivity contribution in [1.82, 2.24) is 0 Å². The summed E-state index contributed by atoms with van der Waals surface area (Å²) in [6.07, 6.45) is 1.95. The summed E-state index contributed by atoms with van der Waals surface area (Å²) in [5, 5.41) is 8.77. The number of carboxylic acids is 1. The van der Waals surface area contributed by atoms with Crippen molar-refractivity contribution in [2.24, 2.45) is 5.92 Å². The molecule has 1 aromatic carbocycles. The van der Waals surface area contributed by atoms with Gasteiger partial charge >= 0.3 is 5.97 Å². The lowest BCUT2D eigenvalue weighted by Crippen LogP contribution is -2.13. The lowest BCUT2D eigenvalue weighted by Gasteiger charge is -2.16. The molecule has 0 aliphatic carbocycles. The van der Waals surface area contributed by atoms with Gasteiger partial charge in [0.05, 0.1) is 5.56 Å². The molecular weight excluding hydrogens is 240 g/mol. The van der Waals surface area contributed by atoms with Gasteiger partial charge in [0.1, 0.15) is 0 Å². The SMILES string of the molecule is O=C(O)c1ccc(C#CC#CC2CCOCC2)cc1. The third-order valence-electron chi connectivity index (χ3n) is 2.90. The van der Waals surface area contributed by atoms with Crippen LogP contribution in [0.5, 0.6) is 0 Å². The molecule has 0 saturated carbocycles. The second-order valence-corrected chi connectivity index (χ2v) is 4.29. The van der Waals surface area contributed by atoms with Gasteiger partial charge < -0.3 is 9.84 Å². The van der Waals surface area contributed by atoms with Crippen LogP contribution in [0, 0.1) is 29.6 Å². The van der Waals surface area contributed by atoms with E-state index in [0.717, 1.165) is 31.6 Å². The molecule has 1 aliphatic heterocycles. The van der Waals surface area contributed by atoms with Gasteiger partial charge in [0.2, 0.25) is 0 Å². The van der Waals surface area contributed by atoms with Crippen LogP contribution in [0.25, 0.3) is 0 Å². The first-order valence-corrected chi connectivity index (χ1v) is 6.18. The number of hydrogen-bond acceptors (Lipinski definition) is 2. The number of hydrogen-bond donors (Lipinski definition) is 1. The van der Waals surface area contributed by atoms with Crippen molar-refractivity contribution in [3.63, 3.8) is 0 Å². The average Bonchev–Trinajstić information content (AvgIpc) is 2.45. The third kappa shape index (κ3) is 4.17. The second kappa shape index (κ2) is 6.64. The Hall–Kier alpha value is -2.23. The molecular formula is C16H14O3. The first-order chi connectivity index (χ1) is 9.25. The van der Waals surface area contributed by atoms with Crippen molar-refractivity contribution in [1.29, 1.82) is 0 Å². The molecule has 1 N–H and O–H groups in total. The molecule has 0 atom stereocenters. The minimum absolute atomic E-state index is 0.263. The minimum Gasteiger partial charge on any atom is -0.478 e. The van der Waals surface area contributed by atoms with E-state index in [0.29, 0.717) is 5.92 Å². The Morgan fingerprint density at radius 3 is 2.47 bits per heavy atom. The van der Waals surface area contributed by atoms with Crippen LogP contribution in [-0.2, 0) is 4.74 Å². The van der Waals surface area contributed by atoms with Crippen LogP contribution < -0.4 is 0 Å². The first kappa shape index (κ1) is 13.2. The van der Waals surface area contributed by atoms with Gasteiger partial charge in [-0.15, -0.1) is 0 Å². The molecule has 2 rings (SSSR count). The van der Waals surface area contributed by atoms with Gasteiger partial charge in [-0.1, -0.05) is 11.8 Å². The molecule has 1 fully saturated rings. The Labute approximate surface area is 112 Å². The standard InChI is InChI=1S/C16H14O3/c17-16(18)15-7-5-13(6-8-15)3-1-2-4-14-9-11-19-12-10-14/h5-8,14H,9-12H2,(H,17,18). The Morgan fingerprint density at radius 1 is 1.16 bits per heavy atom. The summed E-state index contributed by atoms with van der Waals surface area (Å²) in [6, 6.07) is 6.45. The van der Waals surface area contributed by atoms with E-state index in [4.69, 9.17) is 9.84 Å². The highest BCUT2D eigenvalue weighted by Gasteiger charge is 2.09. The maximum Gasteiger partial charge on any atom is 0.335 e. The molecule has 0 amide bonds. The lowest BCUT2D eigenvalue weighted by atomic mass is 10.0. The number of ether oxygens (including phenoxy) is 1. The smallest absolute Gasteiger partial charge is 0.335 e. The van der Waals surface area contributed by atoms with E-state index in [1.807, 2.05) is 0 Å². The van der Waals surface area contributed by atoms with Crippen LogP contribution in [0.2, 0.25) is 0 Å². The van der Waals surface area contributed by atoms with E-state index < -0.39 is 5.97 Å². The van der Waals surface area contributed by atoms with Crippen molar-refractivity contribution in [3.8, 4) is 23.7 Å². The maximum atomic E-state index is 10.7. The summed E-state index contributed by atoms with van der Waals surface area (Å²) >= 11 is 0. The molecule has 1 aromatic rings. The van der Waals surface area contributed by atoms with Crippen molar-refractivity contribution >= 4 is 5.97 Å². The predicted molar refractivity (Wildman–Crippen MR) is 71.6 cm³/mol. The largest absolute Gasteiger partial charge is 0.478 e. The molecule has 1 saturated heterocycles. The summed E-state index contributed by atoms with van der Waals surface area (Å²) in [5.74, 6) is 11.1. The molecule has 1 heterocycles. The fraction of sp³-hybridized carbons (Fsp3) is 0.312. The number of rotatable bonds is 1. The van der Waals surface area contributed by atoms with Gasteiger partial charge in [-0.2, -0.15) is 0 Å². The number of carboxylic acid groups (broad SMARTS) is 1. The highest BCUT2D eigenvalue weighted by atomic mass is 16.5. The fourth-order valence-electron chi connectivity index (χ4n) is 1.78. The van der Waals surface area contributed by atoms with Crippen LogP contribution >= 0.6 is 0 Å². The van der Waals surface area contributed by atoms with Crippen LogP contribution in [0.1, 0.15) is 28.8 Å². The predicted octanol–water partition coefficient (Wildman–Crippen LogP) is 2.17. The highest BCUT2D eigenvalue weighted by Crippen LogP contribution is 2.12. The number of benzene rings is 1. The zero-order valence-electron chi connectivity index (χ0n) is 10.5. The van der Waals surface area contributed by atoms with Gasteiger partial charge in [-0.3, -0.25) is 0 Å². The lowest BCUT2D eigenvalue weighted by molar-refractivity contribution is 0.0697. The summed E-state index contributed by atoms with van der Waals surface area (Å²) in [4.78, 5) is 10.7. The Kier molecular flexibility index (Phi) is 4.61. The summed E-state index contributed by atoms with van der Waals surface area (Å²) in [5.41, 5.74) is 1.03. The molecule has 0 aromatic heterocycles. The molecule has 3 nitrogen and oxygen atoms in total. The van der Waals surface area contributed by atoms with E-state index in [2.05, 4.69) is 23.7 Å². The molecule has 0 bridgehead atoms. The van der Waals surface area contributed by atoms with Crippen LogP contribution in [0.15, 0.2) is 24.3 Å². The fourth-order valence-corrected chi connectivity index (χ4v) is 1.78. The van der Waals surface area contributed by atoms with E-state index in [1.54, 1.807) is 12.1 Å². The molecule has 96 valence electrons. The van der Waals surface area contributed by atoms with Crippen molar-refractivity contribution in [3.05, 3.63) is 35.4 Å². The monoisotopic (exact) mass is 254 g/mol. The van der Waals surface area contributed by atoms with Crippen LogP contribution in [0.3, 0.4) is 0 Å². The van der Waals surface area contributed by atoms with Gasteiger partial charge in [-0.25, -0.2) is 4.79 Å². The molecule has 0 spiro atoms.